The molecule has 0 atom stereocenters. The van der Waals surface area contributed by atoms with E-state index in [1.54, 1.807) is 19.2 Å². The number of nitrogens with two attached hydrogens (primary N) is 1. The minimum Gasteiger partial charge on any atom is -0.495 e. The van der Waals surface area contributed by atoms with Gasteiger partial charge in [0.2, 0.25) is 0 Å². The van der Waals surface area contributed by atoms with E-state index in [2.05, 4.69) is 6.07 Å². The van der Waals surface area contributed by atoms with Gasteiger partial charge in [-0.2, -0.15) is 5.26 Å². The number of nitriles is 1. The van der Waals surface area contributed by atoms with Crippen LogP contribution in [0.1, 0.15) is 5.56 Å². The van der Waals surface area contributed by atoms with Gasteiger partial charge in [-0.3, -0.25) is 0 Å². The second-order valence-corrected chi connectivity index (χ2v) is 2.41. The Morgan fingerprint density at radius 2 is 2.33 bits per heavy atom. The first-order chi connectivity index (χ1) is 5.77. The molecule has 3 heteroatoms. The zero-order chi connectivity index (χ0) is 8.97. The van der Waals surface area contributed by atoms with Crippen molar-refractivity contribution < 1.29 is 4.74 Å². The number of nitrogens with zero attached hydrogens (tertiary/aromatic N) is 1. The first-order valence-electron chi connectivity index (χ1n) is 3.57. The molecule has 0 fully saturated rings. The number of ether oxygens (including phenoxy) is 1. The Kier molecular flexibility index (Phi) is 2.54. The smallest absolute Gasteiger partial charge is 0.142 e. The third kappa shape index (κ3) is 1.67. The van der Waals surface area contributed by atoms with E-state index in [0.29, 0.717) is 17.9 Å². The predicted octanol–water partition coefficient (Wildman–Crippen LogP) is 1.34. The molecule has 0 heterocycles. The summed E-state index contributed by atoms with van der Waals surface area (Å²) >= 11 is 0. The summed E-state index contributed by atoms with van der Waals surface area (Å²) in [5.74, 6) is 0.628. The van der Waals surface area contributed by atoms with Gasteiger partial charge in [0.1, 0.15) is 5.75 Å². The van der Waals surface area contributed by atoms with Gasteiger partial charge in [0, 0.05) is 0 Å². The molecule has 1 aromatic carbocycles. The van der Waals surface area contributed by atoms with E-state index in [0.717, 1.165) is 5.56 Å². The van der Waals surface area contributed by atoms with E-state index >= 15 is 0 Å². The van der Waals surface area contributed by atoms with Gasteiger partial charge in [-0.05, 0) is 17.7 Å². The molecule has 0 aliphatic carbocycles. The lowest BCUT2D eigenvalue weighted by Crippen LogP contribution is -1.93. The Labute approximate surface area is 71.4 Å². The molecule has 0 radical (unpaired) electrons. The summed E-state index contributed by atoms with van der Waals surface area (Å²) in [6.07, 6.45) is 0.386. The maximum atomic E-state index is 8.43. The summed E-state index contributed by atoms with van der Waals surface area (Å²) in [5.41, 5.74) is 7.10. The minimum atomic E-state index is 0.386. The third-order valence-electron chi connectivity index (χ3n) is 1.58. The number of rotatable bonds is 2. The molecule has 0 bridgehead atoms. The molecule has 1 rings (SSSR count). The van der Waals surface area contributed by atoms with Crippen LogP contribution in [0.5, 0.6) is 5.75 Å². The molecule has 0 amide bonds. The standard InChI is InChI=1S/C9H10N2O/c1-12-9-6-7(4-5-10)2-3-8(9)11/h2-3,6H,4,11H2,1H3. The van der Waals surface area contributed by atoms with Crippen molar-refractivity contribution in [2.24, 2.45) is 0 Å². The molecule has 0 saturated heterocycles. The summed E-state index contributed by atoms with van der Waals surface area (Å²) in [6.45, 7) is 0. The van der Waals surface area contributed by atoms with Crippen molar-refractivity contribution in [3.8, 4) is 11.8 Å². The number of nitrogen functional groups attached to an aromatic ring is 1. The quantitative estimate of drug-likeness (QED) is 0.667. The second kappa shape index (κ2) is 3.63. The van der Waals surface area contributed by atoms with Crippen LogP contribution in [0.2, 0.25) is 0 Å². The molecule has 0 aliphatic heterocycles. The Hall–Kier alpha value is -1.69. The number of anilines is 1. The third-order valence-corrected chi connectivity index (χ3v) is 1.58. The molecular formula is C9H10N2O. The lowest BCUT2D eigenvalue weighted by molar-refractivity contribution is 0.416. The largest absolute Gasteiger partial charge is 0.495 e. The molecule has 12 heavy (non-hydrogen) atoms. The lowest BCUT2D eigenvalue weighted by Gasteiger charge is -2.04. The van der Waals surface area contributed by atoms with Gasteiger partial charge >= 0.3 is 0 Å². The fraction of sp³-hybridized carbons (Fsp3) is 0.222. The van der Waals surface area contributed by atoms with Gasteiger partial charge in [-0.25, -0.2) is 0 Å². The van der Waals surface area contributed by atoms with Crippen molar-refractivity contribution in [1.29, 1.82) is 5.26 Å². The molecule has 0 unspecified atom stereocenters. The summed E-state index contributed by atoms with van der Waals surface area (Å²) in [5, 5.41) is 8.43. The molecule has 0 aliphatic rings. The SMILES string of the molecule is COc1cc(CC#N)ccc1N. The van der Waals surface area contributed by atoms with E-state index in [-0.39, 0.29) is 0 Å². The molecule has 0 aromatic heterocycles. The van der Waals surface area contributed by atoms with Crippen LogP contribution >= 0.6 is 0 Å². The highest BCUT2D eigenvalue weighted by atomic mass is 16.5. The minimum absolute atomic E-state index is 0.386. The van der Waals surface area contributed by atoms with Crippen LogP contribution in [-0.2, 0) is 6.42 Å². The first kappa shape index (κ1) is 8.41. The van der Waals surface area contributed by atoms with Crippen LogP contribution in [0.25, 0.3) is 0 Å². The zero-order valence-corrected chi connectivity index (χ0v) is 6.87. The van der Waals surface area contributed by atoms with Crippen LogP contribution in [0.3, 0.4) is 0 Å². The van der Waals surface area contributed by atoms with Crippen molar-refractivity contribution in [1.82, 2.24) is 0 Å². The second-order valence-electron chi connectivity index (χ2n) is 2.41. The highest BCUT2D eigenvalue weighted by Crippen LogP contribution is 2.21. The summed E-state index contributed by atoms with van der Waals surface area (Å²) < 4.78 is 5.00. The molecule has 0 saturated carbocycles. The van der Waals surface area contributed by atoms with Crippen LogP contribution in [0, 0.1) is 11.3 Å². The molecule has 2 N–H and O–H groups in total. The van der Waals surface area contributed by atoms with Gasteiger partial charge in [0.05, 0.1) is 25.3 Å². The highest BCUT2D eigenvalue weighted by Gasteiger charge is 1.99. The monoisotopic (exact) mass is 162 g/mol. The summed E-state index contributed by atoms with van der Waals surface area (Å²) in [7, 11) is 1.56. The maximum Gasteiger partial charge on any atom is 0.142 e. The molecule has 1 aromatic rings. The number of hydrogen-bond acceptors (Lipinski definition) is 3. The topological polar surface area (TPSA) is 59.0 Å². The zero-order valence-electron chi connectivity index (χ0n) is 6.87. The molecule has 62 valence electrons. The van der Waals surface area contributed by atoms with Crippen LogP contribution < -0.4 is 10.5 Å². The average Bonchev–Trinajstić information content (AvgIpc) is 2.09. The normalized spacial score (nSPS) is 9.00. The Morgan fingerprint density at radius 3 is 2.92 bits per heavy atom. The molecule has 0 spiro atoms. The van der Waals surface area contributed by atoms with Crippen molar-refractivity contribution >= 4 is 5.69 Å². The molecular weight excluding hydrogens is 152 g/mol. The fourth-order valence-corrected chi connectivity index (χ4v) is 0.957. The Bertz CT molecular complexity index is 315. The lowest BCUT2D eigenvalue weighted by atomic mass is 10.1. The summed E-state index contributed by atoms with van der Waals surface area (Å²) in [4.78, 5) is 0. The van der Waals surface area contributed by atoms with Crippen molar-refractivity contribution in [2.45, 2.75) is 6.42 Å². The van der Waals surface area contributed by atoms with Gasteiger partial charge < -0.3 is 10.5 Å². The van der Waals surface area contributed by atoms with E-state index in [4.69, 9.17) is 15.7 Å². The number of methoxy groups -OCH3 is 1. The van der Waals surface area contributed by atoms with Crippen LogP contribution in [-0.4, -0.2) is 7.11 Å². The maximum absolute atomic E-state index is 8.43. The van der Waals surface area contributed by atoms with E-state index in [9.17, 15) is 0 Å². The predicted molar refractivity (Wildman–Crippen MR) is 46.7 cm³/mol. The van der Waals surface area contributed by atoms with Gasteiger partial charge in [-0.1, -0.05) is 6.07 Å². The average molecular weight is 162 g/mol. The van der Waals surface area contributed by atoms with Gasteiger partial charge in [0.25, 0.3) is 0 Å². The Morgan fingerprint density at radius 1 is 1.58 bits per heavy atom. The Balaban J connectivity index is 2.98. The van der Waals surface area contributed by atoms with Crippen molar-refractivity contribution in [2.75, 3.05) is 12.8 Å². The highest BCUT2D eigenvalue weighted by molar-refractivity contribution is 5.54. The fourth-order valence-electron chi connectivity index (χ4n) is 0.957. The summed E-state index contributed by atoms with van der Waals surface area (Å²) in [6, 6.07) is 7.40. The van der Waals surface area contributed by atoms with Gasteiger partial charge in [0.15, 0.2) is 0 Å². The van der Waals surface area contributed by atoms with Crippen LogP contribution in [0.4, 0.5) is 5.69 Å². The molecule has 3 nitrogen and oxygen atoms in total. The van der Waals surface area contributed by atoms with E-state index in [1.165, 1.54) is 0 Å². The first-order valence-corrected chi connectivity index (χ1v) is 3.57. The number of hydrogen-bond donors (Lipinski definition) is 1. The van der Waals surface area contributed by atoms with E-state index < -0.39 is 0 Å². The van der Waals surface area contributed by atoms with Crippen molar-refractivity contribution in [3.05, 3.63) is 23.8 Å². The van der Waals surface area contributed by atoms with Crippen LogP contribution in [0.15, 0.2) is 18.2 Å². The van der Waals surface area contributed by atoms with Crippen molar-refractivity contribution in [3.63, 3.8) is 0 Å². The number of benzene rings is 1. The van der Waals surface area contributed by atoms with Gasteiger partial charge in [-0.15, -0.1) is 0 Å². The van der Waals surface area contributed by atoms with E-state index in [1.807, 2.05) is 6.07 Å².